The van der Waals surface area contributed by atoms with Crippen LogP contribution in [-0.2, 0) is 9.59 Å². The summed E-state index contributed by atoms with van der Waals surface area (Å²) in [6, 6.07) is -0.257. The second-order valence-electron chi connectivity index (χ2n) is 6.08. The van der Waals surface area contributed by atoms with E-state index < -0.39 is 11.9 Å². The highest BCUT2D eigenvalue weighted by molar-refractivity contribution is 6.19. The Morgan fingerprint density at radius 2 is 2.04 bits per heavy atom. The normalized spacial score (nSPS) is 23.8. The molecule has 0 saturated carbocycles. The number of nitrogens with zero attached hydrogens (tertiary/aromatic N) is 3. The highest BCUT2D eigenvalue weighted by atomic mass is 16.2. The number of likely N-dealkylation sites (tertiary alicyclic amines) is 1. The molecule has 2 heterocycles. The zero-order valence-corrected chi connectivity index (χ0v) is 13.3. The summed E-state index contributed by atoms with van der Waals surface area (Å²) >= 11 is 0. The van der Waals surface area contributed by atoms with Crippen LogP contribution in [0.2, 0.25) is 0 Å². The third-order valence-corrected chi connectivity index (χ3v) is 4.64. The lowest BCUT2D eigenvalue weighted by Crippen LogP contribution is -2.48. The molecule has 1 aliphatic carbocycles. The third-order valence-electron chi connectivity index (χ3n) is 4.64. The number of aliphatic imine (C=N–C) groups is 1. The predicted octanol–water partition coefficient (Wildman–Crippen LogP) is 0.690. The molecule has 0 aromatic rings. The van der Waals surface area contributed by atoms with E-state index in [2.05, 4.69) is 10.3 Å². The van der Waals surface area contributed by atoms with Crippen LogP contribution in [0.15, 0.2) is 28.9 Å². The van der Waals surface area contributed by atoms with Gasteiger partial charge in [0.15, 0.2) is 0 Å². The molecule has 2 aliphatic heterocycles. The molecule has 122 valence electrons. The van der Waals surface area contributed by atoms with E-state index in [0.29, 0.717) is 24.5 Å². The summed E-state index contributed by atoms with van der Waals surface area (Å²) in [5, 5.41) is 2.63. The molecule has 0 aromatic heterocycles. The summed E-state index contributed by atoms with van der Waals surface area (Å²) < 4.78 is 0. The highest BCUT2D eigenvalue weighted by Crippen LogP contribution is 2.22. The van der Waals surface area contributed by atoms with Gasteiger partial charge in [-0.15, -0.1) is 0 Å². The summed E-state index contributed by atoms with van der Waals surface area (Å²) in [7, 11) is 1.81. The molecule has 1 atom stereocenters. The van der Waals surface area contributed by atoms with Gasteiger partial charge in [0.25, 0.3) is 0 Å². The smallest absolute Gasteiger partial charge is 0.343 e. The highest BCUT2D eigenvalue weighted by Gasteiger charge is 2.31. The van der Waals surface area contributed by atoms with Crippen molar-refractivity contribution in [1.82, 2.24) is 15.1 Å². The first-order valence-corrected chi connectivity index (χ1v) is 7.78. The Morgan fingerprint density at radius 3 is 2.70 bits per heavy atom. The first kappa shape index (κ1) is 15.5. The van der Waals surface area contributed by atoms with E-state index in [1.807, 2.05) is 4.90 Å². The minimum Gasteiger partial charge on any atom is -0.343 e. The van der Waals surface area contributed by atoms with Crippen molar-refractivity contribution in [3.63, 3.8) is 0 Å². The lowest BCUT2D eigenvalue weighted by Gasteiger charge is -2.37. The maximum Gasteiger partial charge on any atom is 0.346 e. The van der Waals surface area contributed by atoms with Crippen LogP contribution < -0.4 is 5.32 Å². The van der Waals surface area contributed by atoms with Crippen LogP contribution in [0, 0.1) is 5.92 Å². The fraction of sp³-hybridized carbons (Fsp3) is 0.500. The standard InChI is InChI=1S/C16H20N4O3/c1-10(21)20-7-5-12(6-8-20)19(2)15(22)11-3-4-13-14(9-11)18-16(23)17-13/h3-4,9,11-12H,5-8H2,1-2H3,(H,18,23). The molecule has 1 unspecified atom stereocenters. The SMILES string of the molecule is CC(=O)N1CCC(N(C)C(=O)C2C=CC3=NC(=O)NC3=C2)CC1. The fourth-order valence-electron chi connectivity index (χ4n) is 3.20. The van der Waals surface area contributed by atoms with Gasteiger partial charge in [0.1, 0.15) is 0 Å². The van der Waals surface area contributed by atoms with Crippen molar-refractivity contribution in [2.75, 3.05) is 20.1 Å². The third kappa shape index (κ3) is 3.04. The minimum absolute atomic E-state index is 0.00442. The quantitative estimate of drug-likeness (QED) is 0.814. The number of nitrogens with one attached hydrogen (secondary N) is 1. The van der Waals surface area contributed by atoms with E-state index in [9.17, 15) is 14.4 Å². The number of hydrogen-bond donors (Lipinski definition) is 1. The fourth-order valence-corrected chi connectivity index (χ4v) is 3.20. The zero-order chi connectivity index (χ0) is 16.6. The van der Waals surface area contributed by atoms with Gasteiger partial charge in [-0.05, 0) is 25.0 Å². The molecular weight excluding hydrogens is 296 g/mol. The Balaban J connectivity index is 1.63. The van der Waals surface area contributed by atoms with E-state index in [1.54, 1.807) is 37.1 Å². The molecule has 4 amide bonds. The molecule has 3 aliphatic rings. The number of amides is 4. The largest absolute Gasteiger partial charge is 0.346 e. The number of carbonyl (C=O) groups is 3. The second-order valence-corrected chi connectivity index (χ2v) is 6.08. The van der Waals surface area contributed by atoms with Crippen LogP contribution in [0.3, 0.4) is 0 Å². The van der Waals surface area contributed by atoms with Gasteiger partial charge >= 0.3 is 6.03 Å². The van der Waals surface area contributed by atoms with Crippen molar-refractivity contribution in [2.45, 2.75) is 25.8 Å². The summed E-state index contributed by atoms with van der Waals surface area (Å²) in [6.07, 6.45) is 6.80. The average molecular weight is 316 g/mol. The Kier molecular flexibility index (Phi) is 4.02. The molecule has 0 bridgehead atoms. The molecule has 1 fully saturated rings. The monoisotopic (exact) mass is 316 g/mol. The number of rotatable bonds is 2. The Bertz CT molecular complexity index is 642. The zero-order valence-electron chi connectivity index (χ0n) is 13.3. The minimum atomic E-state index is -0.394. The Morgan fingerprint density at radius 1 is 1.35 bits per heavy atom. The number of allylic oxidation sites excluding steroid dienone is 1. The van der Waals surface area contributed by atoms with E-state index in [4.69, 9.17) is 0 Å². The van der Waals surface area contributed by atoms with Gasteiger partial charge in [0.2, 0.25) is 11.8 Å². The van der Waals surface area contributed by atoms with Crippen LogP contribution in [0.25, 0.3) is 0 Å². The second kappa shape index (κ2) is 5.98. The first-order chi connectivity index (χ1) is 11.0. The lowest BCUT2D eigenvalue weighted by molar-refractivity contribution is -0.135. The number of piperidine rings is 1. The van der Waals surface area contributed by atoms with Gasteiger partial charge in [-0.3, -0.25) is 9.59 Å². The van der Waals surface area contributed by atoms with Crippen LogP contribution in [0.1, 0.15) is 19.8 Å². The molecular formula is C16H20N4O3. The van der Waals surface area contributed by atoms with Gasteiger partial charge in [0, 0.05) is 33.1 Å². The van der Waals surface area contributed by atoms with Crippen molar-refractivity contribution < 1.29 is 14.4 Å². The lowest BCUT2D eigenvalue weighted by atomic mass is 9.96. The topological polar surface area (TPSA) is 82.1 Å². The molecule has 0 spiro atoms. The van der Waals surface area contributed by atoms with Gasteiger partial charge in [-0.1, -0.05) is 6.08 Å². The maximum atomic E-state index is 12.7. The van der Waals surface area contributed by atoms with Crippen molar-refractivity contribution in [2.24, 2.45) is 10.9 Å². The molecule has 0 aromatic carbocycles. The maximum absolute atomic E-state index is 12.7. The van der Waals surface area contributed by atoms with Crippen molar-refractivity contribution in [3.8, 4) is 0 Å². The Labute approximate surface area is 134 Å². The van der Waals surface area contributed by atoms with Crippen LogP contribution >= 0.6 is 0 Å². The average Bonchev–Trinajstić information content (AvgIpc) is 2.92. The van der Waals surface area contributed by atoms with Crippen molar-refractivity contribution in [1.29, 1.82) is 0 Å². The molecule has 23 heavy (non-hydrogen) atoms. The van der Waals surface area contributed by atoms with E-state index >= 15 is 0 Å². The van der Waals surface area contributed by atoms with Gasteiger partial charge in [-0.25, -0.2) is 4.79 Å². The van der Waals surface area contributed by atoms with Crippen molar-refractivity contribution in [3.05, 3.63) is 23.9 Å². The summed E-state index contributed by atoms with van der Waals surface area (Å²) in [6.45, 7) is 2.95. The van der Waals surface area contributed by atoms with Crippen molar-refractivity contribution >= 4 is 23.6 Å². The summed E-state index contributed by atoms with van der Waals surface area (Å²) in [4.78, 5) is 42.7. The van der Waals surface area contributed by atoms with Gasteiger partial charge in [0.05, 0.1) is 17.3 Å². The molecule has 0 radical (unpaired) electrons. The number of fused-ring (bicyclic) bond motifs is 1. The number of urea groups is 1. The van der Waals surface area contributed by atoms with Gasteiger partial charge in [-0.2, -0.15) is 4.99 Å². The first-order valence-electron chi connectivity index (χ1n) is 7.78. The van der Waals surface area contributed by atoms with E-state index in [-0.39, 0.29) is 17.9 Å². The molecule has 1 saturated heterocycles. The summed E-state index contributed by atoms with van der Waals surface area (Å²) in [5.41, 5.74) is 1.19. The number of carbonyl (C=O) groups excluding carboxylic acids is 3. The van der Waals surface area contributed by atoms with E-state index in [1.165, 1.54) is 0 Å². The summed E-state index contributed by atoms with van der Waals surface area (Å²) in [5.74, 6) is -0.311. The predicted molar refractivity (Wildman–Crippen MR) is 84.7 cm³/mol. The molecule has 7 heteroatoms. The molecule has 7 nitrogen and oxygen atoms in total. The number of hydrogen-bond acceptors (Lipinski definition) is 3. The van der Waals surface area contributed by atoms with E-state index in [0.717, 1.165) is 12.8 Å². The Hall–Kier alpha value is -2.44. The van der Waals surface area contributed by atoms with Crippen LogP contribution in [-0.4, -0.2) is 59.5 Å². The molecule has 3 rings (SSSR count). The van der Waals surface area contributed by atoms with Gasteiger partial charge < -0.3 is 15.1 Å². The van der Waals surface area contributed by atoms with Crippen LogP contribution in [0.5, 0.6) is 0 Å². The van der Waals surface area contributed by atoms with Crippen LogP contribution in [0.4, 0.5) is 4.79 Å². The molecule has 1 N–H and O–H groups in total.